The summed E-state index contributed by atoms with van der Waals surface area (Å²) >= 11 is 1.69. The summed E-state index contributed by atoms with van der Waals surface area (Å²) in [6.07, 6.45) is 8.07. The van der Waals surface area contributed by atoms with E-state index < -0.39 is 0 Å². The third-order valence-corrected chi connectivity index (χ3v) is 5.70. The molecule has 3 rings (SSSR count). The van der Waals surface area contributed by atoms with E-state index in [9.17, 15) is 4.79 Å². The maximum atomic E-state index is 13.0. The Balaban J connectivity index is 1.83. The lowest BCUT2D eigenvalue weighted by atomic mass is 9.92. The first-order chi connectivity index (χ1) is 11.7. The Morgan fingerprint density at radius 3 is 2.75 bits per heavy atom. The molecule has 1 amide bonds. The van der Waals surface area contributed by atoms with E-state index in [-0.39, 0.29) is 17.9 Å². The van der Waals surface area contributed by atoms with Gasteiger partial charge in [-0.2, -0.15) is 0 Å². The van der Waals surface area contributed by atoms with Crippen LogP contribution in [0.3, 0.4) is 0 Å². The minimum Gasteiger partial charge on any atom is -0.497 e. The topological polar surface area (TPSA) is 41.9 Å². The molecule has 1 aliphatic carbocycles. The molecule has 2 unspecified atom stereocenters. The van der Waals surface area contributed by atoms with Gasteiger partial charge in [0.2, 0.25) is 5.91 Å². The summed E-state index contributed by atoms with van der Waals surface area (Å²) in [7, 11) is 1.65. The largest absolute Gasteiger partial charge is 0.497 e. The third kappa shape index (κ3) is 3.66. The van der Waals surface area contributed by atoms with E-state index in [1.54, 1.807) is 18.9 Å². The highest BCUT2D eigenvalue weighted by molar-refractivity contribution is 8.14. The van der Waals surface area contributed by atoms with E-state index in [1.807, 2.05) is 29.2 Å². The third-order valence-electron chi connectivity index (χ3n) is 4.60. The van der Waals surface area contributed by atoms with E-state index in [1.165, 1.54) is 0 Å². The van der Waals surface area contributed by atoms with Gasteiger partial charge >= 0.3 is 0 Å². The Hall–Kier alpha value is -1.75. The average molecular weight is 344 g/mol. The zero-order chi connectivity index (χ0) is 16.9. The van der Waals surface area contributed by atoms with Crippen LogP contribution in [-0.2, 0) is 4.79 Å². The number of hydrogen-bond acceptors (Lipinski definition) is 4. The monoisotopic (exact) mass is 344 g/mol. The molecule has 0 saturated carbocycles. The van der Waals surface area contributed by atoms with Gasteiger partial charge < -0.3 is 4.74 Å². The predicted molar refractivity (Wildman–Crippen MR) is 100.0 cm³/mol. The molecule has 1 aromatic carbocycles. The molecule has 1 fully saturated rings. The van der Waals surface area contributed by atoms with E-state index in [0.717, 1.165) is 48.0 Å². The second-order valence-corrected chi connectivity index (χ2v) is 7.14. The normalized spacial score (nSPS) is 25.2. The SMILES string of the molecule is CCC1CSC(=Nc2ccc(OC)cc2)N1C(=O)C1CC=CCC1. The van der Waals surface area contributed by atoms with Gasteiger partial charge in [0, 0.05) is 17.7 Å². The van der Waals surface area contributed by atoms with Crippen molar-refractivity contribution in [2.75, 3.05) is 12.9 Å². The fraction of sp³-hybridized carbons (Fsp3) is 0.474. The number of hydrogen-bond donors (Lipinski definition) is 0. The minimum atomic E-state index is 0.101. The van der Waals surface area contributed by atoms with Gasteiger partial charge in [0.25, 0.3) is 0 Å². The molecule has 5 heteroatoms. The highest BCUT2D eigenvalue weighted by Gasteiger charge is 2.37. The molecule has 0 aromatic heterocycles. The van der Waals surface area contributed by atoms with Crippen molar-refractivity contribution in [2.24, 2.45) is 10.9 Å². The number of thioether (sulfide) groups is 1. The number of nitrogens with zero attached hydrogens (tertiary/aromatic N) is 2. The molecule has 0 N–H and O–H groups in total. The highest BCUT2D eigenvalue weighted by atomic mass is 32.2. The molecule has 24 heavy (non-hydrogen) atoms. The summed E-state index contributed by atoms with van der Waals surface area (Å²) in [5.41, 5.74) is 0.858. The van der Waals surface area contributed by atoms with Gasteiger partial charge in [-0.05, 0) is 49.9 Å². The number of allylic oxidation sites excluding steroid dienone is 2. The van der Waals surface area contributed by atoms with Gasteiger partial charge in [0.05, 0.1) is 12.8 Å². The summed E-state index contributed by atoms with van der Waals surface area (Å²) in [4.78, 5) is 19.7. The van der Waals surface area contributed by atoms with Gasteiger partial charge in [0.1, 0.15) is 5.75 Å². The first-order valence-corrected chi connectivity index (χ1v) is 9.55. The average Bonchev–Trinajstić information content (AvgIpc) is 3.05. The van der Waals surface area contributed by atoms with Crippen molar-refractivity contribution in [3.8, 4) is 5.75 Å². The number of amides is 1. The van der Waals surface area contributed by atoms with E-state index >= 15 is 0 Å². The standard InChI is InChI=1S/C19H24N2O2S/c1-3-16-13-24-19(20-15-9-11-17(23-2)12-10-15)21(16)18(22)14-7-5-4-6-8-14/h4-5,9-12,14,16H,3,6-8,13H2,1-2H3. The quantitative estimate of drug-likeness (QED) is 0.761. The first-order valence-electron chi connectivity index (χ1n) is 8.56. The van der Waals surface area contributed by atoms with E-state index in [2.05, 4.69) is 19.1 Å². The van der Waals surface area contributed by atoms with Gasteiger partial charge in [-0.1, -0.05) is 30.8 Å². The van der Waals surface area contributed by atoms with Crippen LogP contribution in [-0.4, -0.2) is 34.9 Å². The molecule has 0 radical (unpaired) electrons. The Morgan fingerprint density at radius 2 is 2.12 bits per heavy atom. The zero-order valence-electron chi connectivity index (χ0n) is 14.3. The number of benzene rings is 1. The fourth-order valence-electron chi connectivity index (χ4n) is 3.11. The molecule has 128 valence electrons. The van der Waals surface area contributed by atoms with E-state index in [4.69, 9.17) is 9.73 Å². The highest BCUT2D eigenvalue weighted by Crippen LogP contribution is 2.32. The molecule has 2 atom stereocenters. The van der Waals surface area contributed by atoms with Crippen LogP contribution in [0.25, 0.3) is 0 Å². The first kappa shape index (κ1) is 17.1. The van der Waals surface area contributed by atoms with Gasteiger partial charge in [-0.25, -0.2) is 4.99 Å². The number of ether oxygens (including phenoxy) is 1. The number of aliphatic imine (C=N–C) groups is 1. The van der Waals surface area contributed by atoms with Crippen LogP contribution in [0.15, 0.2) is 41.4 Å². The predicted octanol–water partition coefficient (Wildman–Crippen LogP) is 4.39. The molecule has 2 aliphatic rings. The number of carbonyl (C=O) groups is 1. The van der Waals surface area contributed by atoms with Crippen molar-refractivity contribution in [3.63, 3.8) is 0 Å². The Bertz CT molecular complexity index is 639. The minimum absolute atomic E-state index is 0.101. The van der Waals surface area contributed by atoms with Crippen LogP contribution in [0.2, 0.25) is 0 Å². The summed E-state index contributed by atoms with van der Waals surface area (Å²) in [6.45, 7) is 2.14. The van der Waals surface area contributed by atoms with Crippen molar-refractivity contribution in [2.45, 2.75) is 38.6 Å². The number of methoxy groups -OCH3 is 1. The second kappa shape index (κ2) is 7.88. The van der Waals surface area contributed by atoms with Crippen molar-refractivity contribution < 1.29 is 9.53 Å². The molecule has 0 spiro atoms. The molecular weight excluding hydrogens is 320 g/mol. The van der Waals surface area contributed by atoms with Crippen LogP contribution < -0.4 is 4.74 Å². The van der Waals surface area contributed by atoms with Gasteiger partial charge in [-0.15, -0.1) is 0 Å². The van der Waals surface area contributed by atoms with Crippen LogP contribution in [0.5, 0.6) is 5.75 Å². The molecule has 1 heterocycles. The molecule has 1 aliphatic heterocycles. The lowest BCUT2D eigenvalue weighted by Crippen LogP contribution is -2.42. The van der Waals surface area contributed by atoms with Crippen molar-refractivity contribution in [3.05, 3.63) is 36.4 Å². The smallest absolute Gasteiger partial charge is 0.232 e. The zero-order valence-corrected chi connectivity index (χ0v) is 15.1. The van der Waals surface area contributed by atoms with Crippen LogP contribution in [0.1, 0.15) is 32.6 Å². The van der Waals surface area contributed by atoms with Crippen LogP contribution >= 0.6 is 11.8 Å². The summed E-state index contributed by atoms with van der Waals surface area (Å²) in [5, 5.41) is 0.839. The van der Waals surface area contributed by atoms with Gasteiger partial charge in [0.15, 0.2) is 5.17 Å². The Morgan fingerprint density at radius 1 is 1.33 bits per heavy atom. The molecule has 0 bridgehead atoms. The summed E-state index contributed by atoms with van der Waals surface area (Å²) < 4.78 is 5.19. The summed E-state index contributed by atoms with van der Waals surface area (Å²) in [6, 6.07) is 7.91. The molecule has 1 aromatic rings. The number of carbonyl (C=O) groups excluding carboxylic acids is 1. The Kier molecular flexibility index (Phi) is 5.61. The lowest BCUT2D eigenvalue weighted by molar-refractivity contribution is -0.132. The fourth-order valence-corrected chi connectivity index (χ4v) is 4.39. The molecular formula is C19H24N2O2S. The molecule has 4 nitrogen and oxygen atoms in total. The van der Waals surface area contributed by atoms with E-state index in [0.29, 0.717) is 0 Å². The van der Waals surface area contributed by atoms with Gasteiger partial charge in [-0.3, -0.25) is 9.69 Å². The molecule has 1 saturated heterocycles. The van der Waals surface area contributed by atoms with Crippen molar-refractivity contribution in [1.82, 2.24) is 4.90 Å². The second-order valence-electron chi connectivity index (χ2n) is 6.16. The van der Waals surface area contributed by atoms with Crippen LogP contribution in [0.4, 0.5) is 5.69 Å². The van der Waals surface area contributed by atoms with Crippen molar-refractivity contribution in [1.29, 1.82) is 0 Å². The summed E-state index contributed by atoms with van der Waals surface area (Å²) in [5.74, 6) is 2.08. The number of rotatable bonds is 4. The lowest BCUT2D eigenvalue weighted by Gasteiger charge is -2.28. The number of amidine groups is 1. The maximum Gasteiger partial charge on any atom is 0.232 e. The Labute approximate surface area is 148 Å². The maximum absolute atomic E-state index is 13.0. The van der Waals surface area contributed by atoms with Crippen molar-refractivity contribution >= 4 is 28.5 Å². The van der Waals surface area contributed by atoms with Crippen LogP contribution in [0, 0.1) is 5.92 Å².